The number of unbranched alkanes of at least 4 members (excludes halogenated alkanes) is 3. The lowest BCUT2D eigenvalue weighted by Gasteiger charge is -2.33. The van der Waals surface area contributed by atoms with Crippen LogP contribution >= 0.6 is 0 Å². The second-order valence-electron chi connectivity index (χ2n) is 9.53. The van der Waals surface area contributed by atoms with Gasteiger partial charge in [-0.25, -0.2) is 0 Å². The average Bonchev–Trinajstić information content (AvgIpc) is 3.18. The highest BCUT2D eigenvalue weighted by Crippen LogP contribution is 2.54. The average molecular weight is 446 g/mol. The zero-order valence-corrected chi connectivity index (χ0v) is 20.5. The first kappa shape index (κ1) is 22.5. The van der Waals surface area contributed by atoms with E-state index in [9.17, 15) is 0 Å². The first-order chi connectivity index (χ1) is 16.8. The van der Waals surface area contributed by atoms with Crippen LogP contribution in [0.1, 0.15) is 63.5 Å². The fraction of sp³-hybridized carbons (Fsp3) is 0.273. The molecule has 0 spiro atoms. The minimum Gasteiger partial charge on any atom is -0.310 e. The van der Waals surface area contributed by atoms with Gasteiger partial charge in [0.1, 0.15) is 0 Å². The van der Waals surface area contributed by atoms with Gasteiger partial charge in [-0.15, -0.1) is 0 Å². The summed E-state index contributed by atoms with van der Waals surface area (Å²) in [5, 5.41) is 0. The molecule has 0 radical (unpaired) electrons. The first-order valence-corrected chi connectivity index (χ1v) is 12.9. The number of rotatable bonds is 9. The molecule has 1 aliphatic rings. The fourth-order valence-corrected chi connectivity index (χ4v) is 5.86. The molecule has 1 atom stereocenters. The Balaban J connectivity index is 1.65. The SMILES string of the molecule is CCCCCCC1(CC)c2ccccc2-c2ccc(N(c3ccccc3)c3ccccc3)cc21. The molecule has 34 heavy (non-hydrogen) atoms. The third-order valence-electron chi connectivity index (χ3n) is 7.60. The number of fused-ring (bicyclic) bond motifs is 3. The Morgan fingerprint density at radius 3 is 1.82 bits per heavy atom. The summed E-state index contributed by atoms with van der Waals surface area (Å²) in [6, 6.07) is 37.8. The number of benzene rings is 4. The van der Waals surface area contributed by atoms with E-state index < -0.39 is 0 Å². The van der Waals surface area contributed by atoms with E-state index in [0.717, 1.165) is 6.42 Å². The summed E-state index contributed by atoms with van der Waals surface area (Å²) in [7, 11) is 0. The van der Waals surface area contributed by atoms with E-state index in [0.29, 0.717) is 0 Å². The minimum absolute atomic E-state index is 0.0920. The summed E-state index contributed by atoms with van der Waals surface area (Å²) >= 11 is 0. The number of hydrogen-bond acceptors (Lipinski definition) is 1. The number of para-hydroxylation sites is 2. The zero-order chi connectivity index (χ0) is 23.4. The van der Waals surface area contributed by atoms with Crippen LogP contribution in [-0.4, -0.2) is 0 Å². The predicted molar refractivity (Wildman–Crippen MR) is 146 cm³/mol. The van der Waals surface area contributed by atoms with E-state index in [-0.39, 0.29) is 5.41 Å². The van der Waals surface area contributed by atoms with Crippen LogP contribution in [0, 0.1) is 0 Å². The lowest BCUT2D eigenvalue weighted by Crippen LogP contribution is -2.24. The van der Waals surface area contributed by atoms with Crippen LogP contribution in [0.4, 0.5) is 17.1 Å². The Bertz CT molecular complexity index is 1190. The lowest BCUT2D eigenvalue weighted by molar-refractivity contribution is 0.437. The molecular weight excluding hydrogens is 410 g/mol. The summed E-state index contributed by atoms with van der Waals surface area (Å²) < 4.78 is 0. The second kappa shape index (κ2) is 9.89. The monoisotopic (exact) mass is 445 g/mol. The molecule has 0 N–H and O–H groups in total. The van der Waals surface area contributed by atoms with Crippen LogP contribution in [0.3, 0.4) is 0 Å². The topological polar surface area (TPSA) is 3.24 Å². The summed E-state index contributed by atoms with van der Waals surface area (Å²) in [5.74, 6) is 0. The third-order valence-corrected chi connectivity index (χ3v) is 7.60. The molecule has 1 aliphatic carbocycles. The highest BCUT2D eigenvalue weighted by molar-refractivity contribution is 5.85. The number of anilines is 3. The van der Waals surface area contributed by atoms with Gasteiger partial charge in [-0.1, -0.05) is 106 Å². The van der Waals surface area contributed by atoms with Crippen molar-refractivity contribution in [2.75, 3.05) is 4.90 Å². The highest BCUT2D eigenvalue weighted by atomic mass is 15.1. The summed E-state index contributed by atoms with van der Waals surface area (Å²) in [5.41, 5.74) is 9.56. The van der Waals surface area contributed by atoms with E-state index in [1.807, 2.05) is 0 Å². The minimum atomic E-state index is 0.0920. The highest BCUT2D eigenvalue weighted by Gasteiger charge is 2.41. The van der Waals surface area contributed by atoms with E-state index in [4.69, 9.17) is 0 Å². The molecule has 1 nitrogen and oxygen atoms in total. The normalized spacial score (nSPS) is 16.2. The van der Waals surface area contributed by atoms with Gasteiger partial charge in [0, 0.05) is 22.5 Å². The maximum atomic E-state index is 2.48. The van der Waals surface area contributed by atoms with Crippen molar-refractivity contribution in [1.29, 1.82) is 0 Å². The molecule has 1 heteroatoms. The summed E-state index contributed by atoms with van der Waals surface area (Å²) in [4.78, 5) is 2.39. The molecule has 0 saturated heterocycles. The lowest BCUT2D eigenvalue weighted by atomic mass is 9.72. The Hall–Kier alpha value is -3.32. The van der Waals surface area contributed by atoms with Gasteiger partial charge in [-0.2, -0.15) is 0 Å². The van der Waals surface area contributed by atoms with Gasteiger partial charge in [0.25, 0.3) is 0 Å². The molecule has 0 heterocycles. The van der Waals surface area contributed by atoms with E-state index in [1.165, 1.54) is 71.4 Å². The van der Waals surface area contributed by atoms with Crippen molar-refractivity contribution in [3.8, 4) is 11.1 Å². The third kappa shape index (κ3) is 3.94. The molecule has 0 amide bonds. The maximum absolute atomic E-state index is 2.48. The molecular formula is C33H35N. The molecule has 0 bridgehead atoms. The quantitative estimate of drug-likeness (QED) is 0.232. The zero-order valence-electron chi connectivity index (χ0n) is 20.5. The smallest absolute Gasteiger partial charge is 0.0465 e. The van der Waals surface area contributed by atoms with Crippen LogP contribution in [0.5, 0.6) is 0 Å². The van der Waals surface area contributed by atoms with Crippen molar-refractivity contribution in [2.45, 2.75) is 57.8 Å². The van der Waals surface area contributed by atoms with Crippen LogP contribution in [0.25, 0.3) is 11.1 Å². The van der Waals surface area contributed by atoms with E-state index in [1.54, 1.807) is 0 Å². The largest absolute Gasteiger partial charge is 0.310 e. The van der Waals surface area contributed by atoms with Crippen LogP contribution in [-0.2, 0) is 5.41 Å². The van der Waals surface area contributed by atoms with Crippen molar-refractivity contribution < 1.29 is 0 Å². The Morgan fingerprint density at radius 2 is 1.18 bits per heavy atom. The molecule has 1 unspecified atom stereocenters. The Morgan fingerprint density at radius 1 is 0.559 bits per heavy atom. The molecule has 0 fully saturated rings. The molecule has 5 rings (SSSR count). The number of nitrogens with zero attached hydrogens (tertiary/aromatic N) is 1. The van der Waals surface area contributed by atoms with Gasteiger partial charge in [-0.3, -0.25) is 0 Å². The fourth-order valence-electron chi connectivity index (χ4n) is 5.86. The summed E-state index contributed by atoms with van der Waals surface area (Å²) in [6.07, 6.45) is 7.54. The van der Waals surface area contributed by atoms with Crippen molar-refractivity contribution in [1.82, 2.24) is 0 Å². The van der Waals surface area contributed by atoms with Crippen molar-refractivity contribution >= 4 is 17.1 Å². The molecule has 0 saturated carbocycles. The van der Waals surface area contributed by atoms with Gasteiger partial charge >= 0.3 is 0 Å². The second-order valence-corrected chi connectivity index (χ2v) is 9.53. The summed E-state index contributed by atoms with van der Waals surface area (Å²) in [6.45, 7) is 4.67. The van der Waals surface area contributed by atoms with E-state index in [2.05, 4.69) is 122 Å². The van der Waals surface area contributed by atoms with Gasteiger partial charge in [0.05, 0.1) is 0 Å². The molecule has 0 aromatic heterocycles. The molecule has 172 valence electrons. The van der Waals surface area contributed by atoms with Crippen molar-refractivity contribution in [3.63, 3.8) is 0 Å². The standard InChI is InChI=1S/C33H35N/c1-3-5-6-15-24-33(4-2)31-21-14-13-20-29(31)30-23-22-28(25-32(30)33)34(26-16-9-7-10-17-26)27-18-11-8-12-19-27/h7-14,16-23,25H,3-6,15,24H2,1-2H3. The Labute approximate surface area is 205 Å². The predicted octanol–water partition coefficient (Wildman–Crippen LogP) is 9.80. The molecule has 4 aromatic carbocycles. The maximum Gasteiger partial charge on any atom is 0.0465 e. The molecule has 0 aliphatic heterocycles. The van der Waals surface area contributed by atoms with Crippen LogP contribution in [0.2, 0.25) is 0 Å². The van der Waals surface area contributed by atoms with E-state index >= 15 is 0 Å². The van der Waals surface area contributed by atoms with Crippen LogP contribution < -0.4 is 4.90 Å². The van der Waals surface area contributed by atoms with Gasteiger partial charge in [0.15, 0.2) is 0 Å². The van der Waals surface area contributed by atoms with Crippen molar-refractivity contribution in [2.24, 2.45) is 0 Å². The van der Waals surface area contributed by atoms with Crippen LogP contribution in [0.15, 0.2) is 103 Å². The first-order valence-electron chi connectivity index (χ1n) is 12.9. The van der Waals surface area contributed by atoms with Crippen molar-refractivity contribution in [3.05, 3.63) is 114 Å². The van der Waals surface area contributed by atoms with Gasteiger partial charge < -0.3 is 4.90 Å². The Kier molecular flexibility index (Phi) is 6.54. The molecule has 4 aromatic rings. The van der Waals surface area contributed by atoms with Gasteiger partial charge in [0.2, 0.25) is 0 Å². The van der Waals surface area contributed by atoms with Gasteiger partial charge in [-0.05, 0) is 71.5 Å². The number of hydrogen-bond donors (Lipinski definition) is 0.